The molecule has 33 heavy (non-hydrogen) atoms. The standard InChI is InChI=1S/C25H31ClN4O3/c1-17(18-5-3-2-4-6-18)30-14-11-21(16-30)27-25(33)29-12-9-19(10-13-29)24(32)28-22-15-20(26)7-8-23(22)31/h2-8,15,17,19,21,31H,9-14,16H2,1H3,(H,27,33)(H,28,32). The number of halogens is 1. The van der Waals surface area contributed by atoms with Crippen molar-refractivity contribution in [3.8, 4) is 5.75 Å². The Morgan fingerprint density at radius 2 is 1.79 bits per heavy atom. The summed E-state index contributed by atoms with van der Waals surface area (Å²) >= 11 is 5.95. The molecule has 2 aromatic rings. The van der Waals surface area contributed by atoms with Crippen molar-refractivity contribution in [2.24, 2.45) is 5.92 Å². The third kappa shape index (κ3) is 5.78. The first-order valence-electron chi connectivity index (χ1n) is 11.5. The predicted molar refractivity (Wildman–Crippen MR) is 129 cm³/mol. The van der Waals surface area contributed by atoms with Gasteiger partial charge in [0.15, 0.2) is 0 Å². The lowest BCUT2D eigenvalue weighted by Crippen LogP contribution is -2.49. The minimum absolute atomic E-state index is 0.0169. The van der Waals surface area contributed by atoms with Crippen LogP contribution in [0.5, 0.6) is 5.75 Å². The molecule has 2 fully saturated rings. The van der Waals surface area contributed by atoms with Gasteiger partial charge in [-0.25, -0.2) is 4.79 Å². The lowest BCUT2D eigenvalue weighted by atomic mass is 9.96. The quantitative estimate of drug-likeness (QED) is 0.570. The maximum absolute atomic E-state index is 12.8. The second kappa shape index (κ2) is 10.4. The minimum Gasteiger partial charge on any atom is -0.506 e. The number of hydrogen-bond acceptors (Lipinski definition) is 4. The Hall–Kier alpha value is -2.77. The number of aromatic hydroxyl groups is 1. The van der Waals surface area contributed by atoms with Crippen molar-refractivity contribution in [1.82, 2.24) is 15.1 Å². The Bertz CT molecular complexity index is 979. The highest BCUT2D eigenvalue weighted by Crippen LogP contribution is 2.29. The first kappa shape index (κ1) is 23.4. The van der Waals surface area contributed by atoms with E-state index in [9.17, 15) is 14.7 Å². The Morgan fingerprint density at radius 3 is 2.52 bits per heavy atom. The number of rotatable bonds is 5. The van der Waals surface area contributed by atoms with E-state index >= 15 is 0 Å². The number of likely N-dealkylation sites (tertiary alicyclic amines) is 2. The number of carbonyl (C=O) groups excluding carboxylic acids is 2. The van der Waals surface area contributed by atoms with Gasteiger partial charge in [-0.2, -0.15) is 0 Å². The van der Waals surface area contributed by atoms with Crippen LogP contribution in [0, 0.1) is 5.92 Å². The number of amides is 3. The van der Waals surface area contributed by atoms with Crippen LogP contribution in [0.25, 0.3) is 0 Å². The summed E-state index contributed by atoms with van der Waals surface area (Å²) in [6.45, 7) is 5.06. The van der Waals surface area contributed by atoms with Crippen LogP contribution >= 0.6 is 11.6 Å². The third-order valence-corrected chi connectivity index (χ3v) is 6.98. The summed E-state index contributed by atoms with van der Waals surface area (Å²) in [6, 6.07) is 15.4. The van der Waals surface area contributed by atoms with Crippen molar-refractivity contribution < 1.29 is 14.7 Å². The molecule has 4 rings (SSSR count). The van der Waals surface area contributed by atoms with E-state index in [1.165, 1.54) is 17.7 Å². The number of phenols is 1. The number of benzene rings is 2. The van der Waals surface area contributed by atoms with Gasteiger partial charge in [0.25, 0.3) is 0 Å². The van der Waals surface area contributed by atoms with E-state index in [1.54, 1.807) is 11.0 Å². The largest absolute Gasteiger partial charge is 0.506 e. The van der Waals surface area contributed by atoms with Crippen molar-refractivity contribution in [2.75, 3.05) is 31.5 Å². The summed E-state index contributed by atoms with van der Waals surface area (Å²) in [5.41, 5.74) is 1.60. The van der Waals surface area contributed by atoms with Crippen LogP contribution in [-0.2, 0) is 4.79 Å². The molecule has 0 aromatic heterocycles. The van der Waals surface area contributed by atoms with E-state index in [-0.39, 0.29) is 29.6 Å². The number of hydrogen-bond donors (Lipinski definition) is 3. The smallest absolute Gasteiger partial charge is 0.317 e. The fourth-order valence-corrected chi connectivity index (χ4v) is 4.83. The lowest BCUT2D eigenvalue weighted by Gasteiger charge is -2.32. The maximum Gasteiger partial charge on any atom is 0.317 e. The number of anilines is 1. The van der Waals surface area contributed by atoms with Gasteiger partial charge in [-0.15, -0.1) is 0 Å². The van der Waals surface area contributed by atoms with E-state index in [1.807, 2.05) is 6.07 Å². The van der Waals surface area contributed by atoms with Crippen LogP contribution in [0.4, 0.5) is 10.5 Å². The molecule has 7 nitrogen and oxygen atoms in total. The molecule has 3 amide bonds. The Labute approximate surface area is 199 Å². The van der Waals surface area contributed by atoms with Crippen LogP contribution in [0.15, 0.2) is 48.5 Å². The summed E-state index contributed by atoms with van der Waals surface area (Å²) in [5, 5.41) is 16.3. The molecule has 2 unspecified atom stereocenters. The highest BCUT2D eigenvalue weighted by Gasteiger charge is 2.31. The fourth-order valence-electron chi connectivity index (χ4n) is 4.65. The second-order valence-corrected chi connectivity index (χ2v) is 9.37. The summed E-state index contributed by atoms with van der Waals surface area (Å²) < 4.78 is 0. The molecule has 2 aromatic carbocycles. The van der Waals surface area contributed by atoms with Crippen LogP contribution in [-0.4, -0.2) is 59.1 Å². The van der Waals surface area contributed by atoms with E-state index in [0.29, 0.717) is 42.7 Å². The van der Waals surface area contributed by atoms with E-state index in [4.69, 9.17) is 11.6 Å². The van der Waals surface area contributed by atoms with Crippen LogP contribution < -0.4 is 10.6 Å². The summed E-state index contributed by atoms with van der Waals surface area (Å²) in [6.07, 6.45) is 2.11. The summed E-state index contributed by atoms with van der Waals surface area (Å²) in [4.78, 5) is 29.6. The van der Waals surface area contributed by atoms with E-state index in [2.05, 4.69) is 46.7 Å². The fraction of sp³-hybridized carbons (Fsp3) is 0.440. The van der Waals surface area contributed by atoms with Gasteiger partial charge >= 0.3 is 6.03 Å². The zero-order valence-electron chi connectivity index (χ0n) is 18.8. The molecule has 0 radical (unpaired) electrons. The Kier molecular flexibility index (Phi) is 7.40. The Balaban J connectivity index is 1.23. The summed E-state index contributed by atoms with van der Waals surface area (Å²) in [5.74, 6) is -0.383. The molecule has 2 heterocycles. The van der Waals surface area contributed by atoms with Crippen molar-refractivity contribution in [2.45, 2.75) is 38.3 Å². The van der Waals surface area contributed by atoms with Crippen LogP contribution in [0.1, 0.15) is 37.8 Å². The number of nitrogens with one attached hydrogen (secondary N) is 2. The first-order chi connectivity index (χ1) is 15.9. The first-order valence-corrected chi connectivity index (χ1v) is 11.9. The SMILES string of the molecule is CC(c1ccccc1)N1CCC(NC(=O)N2CCC(C(=O)Nc3cc(Cl)ccc3O)CC2)C1. The zero-order valence-corrected chi connectivity index (χ0v) is 19.6. The topological polar surface area (TPSA) is 84.9 Å². The average molecular weight is 471 g/mol. The molecule has 0 saturated carbocycles. The number of carbonyl (C=O) groups is 2. The third-order valence-electron chi connectivity index (χ3n) is 6.75. The van der Waals surface area contributed by atoms with Crippen molar-refractivity contribution >= 4 is 29.2 Å². The lowest BCUT2D eigenvalue weighted by molar-refractivity contribution is -0.121. The van der Waals surface area contributed by atoms with Crippen LogP contribution in [0.2, 0.25) is 5.02 Å². The van der Waals surface area contributed by atoms with Gasteiger partial charge in [0.2, 0.25) is 5.91 Å². The van der Waals surface area contributed by atoms with Gasteiger partial charge < -0.3 is 20.6 Å². The van der Waals surface area contributed by atoms with Gasteiger partial charge in [-0.3, -0.25) is 9.69 Å². The second-order valence-electron chi connectivity index (χ2n) is 8.93. The van der Waals surface area contributed by atoms with Gasteiger partial charge in [0.05, 0.1) is 5.69 Å². The average Bonchev–Trinajstić information content (AvgIpc) is 3.30. The summed E-state index contributed by atoms with van der Waals surface area (Å²) in [7, 11) is 0. The normalized spacial score (nSPS) is 20.4. The van der Waals surface area contributed by atoms with Crippen molar-refractivity contribution in [3.05, 3.63) is 59.1 Å². The minimum atomic E-state index is -0.207. The molecular formula is C25H31ClN4O3. The van der Waals surface area contributed by atoms with Crippen molar-refractivity contribution in [1.29, 1.82) is 0 Å². The predicted octanol–water partition coefficient (Wildman–Crippen LogP) is 4.24. The zero-order chi connectivity index (χ0) is 23.4. The number of piperidine rings is 1. The molecule has 0 spiro atoms. The molecule has 2 aliphatic rings. The molecule has 3 N–H and O–H groups in total. The number of phenolic OH excluding ortho intramolecular Hbond substituents is 1. The molecule has 0 aliphatic carbocycles. The monoisotopic (exact) mass is 470 g/mol. The van der Waals surface area contributed by atoms with Crippen molar-refractivity contribution in [3.63, 3.8) is 0 Å². The van der Waals surface area contributed by atoms with Gasteiger partial charge in [-0.1, -0.05) is 41.9 Å². The number of nitrogens with zero attached hydrogens (tertiary/aromatic N) is 2. The highest BCUT2D eigenvalue weighted by atomic mass is 35.5. The number of urea groups is 1. The molecule has 8 heteroatoms. The highest BCUT2D eigenvalue weighted by molar-refractivity contribution is 6.31. The van der Waals surface area contributed by atoms with E-state index in [0.717, 1.165) is 19.5 Å². The molecule has 0 bridgehead atoms. The van der Waals surface area contributed by atoms with Gasteiger partial charge in [-0.05, 0) is 49.9 Å². The molecule has 2 saturated heterocycles. The molecular weight excluding hydrogens is 440 g/mol. The molecule has 176 valence electrons. The maximum atomic E-state index is 12.8. The molecule has 2 atom stereocenters. The molecule has 2 aliphatic heterocycles. The Morgan fingerprint density at radius 1 is 1.06 bits per heavy atom. The van der Waals surface area contributed by atoms with Crippen LogP contribution in [0.3, 0.4) is 0 Å². The van der Waals surface area contributed by atoms with Gasteiger partial charge in [0.1, 0.15) is 5.75 Å². The van der Waals surface area contributed by atoms with E-state index < -0.39 is 0 Å². The van der Waals surface area contributed by atoms with Gasteiger partial charge in [0, 0.05) is 49.2 Å².